The predicted molar refractivity (Wildman–Crippen MR) is 76.0 cm³/mol. The van der Waals surface area contributed by atoms with Crippen molar-refractivity contribution in [3.63, 3.8) is 0 Å². The number of hydrogen-bond acceptors (Lipinski definition) is 4. The summed E-state index contributed by atoms with van der Waals surface area (Å²) in [5, 5.41) is 4.41. The Morgan fingerprint density at radius 3 is 2.89 bits per heavy atom. The van der Waals surface area contributed by atoms with Gasteiger partial charge in [-0.15, -0.1) is 0 Å². The molecule has 0 radical (unpaired) electrons. The van der Waals surface area contributed by atoms with E-state index in [-0.39, 0.29) is 6.04 Å². The van der Waals surface area contributed by atoms with Crippen LogP contribution in [0.25, 0.3) is 0 Å². The number of likely N-dealkylation sites (N-methyl/N-ethyl adjacent to an activating group) is 1. The van der Waals surface area contributed by atoms with Crippen LogP contribution in [0.3, 0.4) is 0 Å². The van der Waals surface area contributed by atoms with E-state index >= 15 is 0 Å². The number of aromatic nitrogens is 2. The van der Waals surface area contributed by atoms with Gasteiger partial charge in [0.25, 0.3) is 0 Å². The molecule has 0 aromatic carbocycles. The second-order valence-electron chi connectivity index (χ2n) is 5.52. The van der Waals surface area contributed by atoms with Gasteiger partial charge in [-0.25, -0.2) is 0 Å². The fourth-order valence-electron chi connectivity index (χ4n) is 2.89. The first-order valence-corrected chi connectivity index (χ1v) is 7.14. The molecule has 108 valence electrons. The zero-order valence-corrected chi connectivity index (χ0v) is 12.3. The molecule has 0 aliphatic carbocycles. The Kier molecular flexibility index (Phi) is 4.96. The third kappa shape index (κ3) is 3.55. The number of hydrogen-bond donors (Lipinski definition) is 1. The molecular weight excluding hydrogens is 240 g/mol. The lowest BCUT2D eigenvalue weighted by Gasteiger charge is -2.32. The van der Waals surface area contributed by atoms with Crippen LogP contribution in [0, 0.1) is 6.92 Å². The summed E-state index contributed by atoms with van der Waals surface area (Å²) < 4.78 is 7.67. The van der Waals surface area contributed by atoms with Crippen molar-refractivity contribution in [1.29, 1.82) is 0 Å². The van der Waals surface area contributed by atoms with Crippen LogP contribution < -0.4 is 5.73 Å². The molecule has 2 rings (SSSR count). The topological polar surface area (TPSA) is 56.3 Å². The molecule has 1 saturated heterocycles. The molecular formula is C14H26N4O. The van der Waals surface area contributed by atoms with E-state index in [4.69, 9.17) is 10.5 Å². The first kappa shape index (κ1) is 14.5. The fraction of sp³-hybridized carbons (Fsp3) is 0.786. The predicted octanol–water partition coefficient (Wildman–Crippen LogP) is 1.23. The zero-order chi connectivity index (χ0) is 13.8. The van der Waals surface area contributed by atoms with E-state index in [1.54, 1.807) is 0 Å². The molecule has 5 nitrogen and oxygen atoms in total. The molecule has 19 heavy (non-hydrogen) atoms. The van der Waals surface area contributed by atoms with Gasteiger partial charge in [-0.2, -0.15) is 5.10 Å². The van der Waals surface area contributed by atoms with Gasteiger partial charge >= 0.3 is 0 Å². The minimum Gasteiger partial charge on any atom is -0.377 e. The molecule has 0 bridgehead atoms. The van der Waals surface area contributed by atoms with E-state index in [2.05, 4.69) is 23.2 Å². The molecule has 2 unspecified atom stereocenters. The molecule has 1 aliphatic heterocycles. The SMILES string of the molecule is Cc1nn(C)cc1C(CN)N(C)CC1CCCCO1. The Morgan fingerprint density at radius 2 is 2.37 bits per heavy atom. The maximum atomic E-state index is 5.97. The molecule has 0 saturated carbocycles. The Bertz CT molecular complexity index is 398. The van der Waals surface area contributed by atoms with Crippen molar-refractivity contribution in [1.82, 2.24) is 14.7 Å². The first-order chi connectivity index (χ1) is 9.11. The summed E-state index contributed by atoms with van der Waals surface area (Å²) in [5.41, 5.74) is 8.26. The van der Waals surface area contributed by atoms with Crippen LogP contribution in [0.1, 0.15) is 36.6 Å². The van der Waals surface area contributed by atoms with Gasteiger partial charge in [0.2, 0.25) is 0 Å². The van der Waals surface area contributed by atoms with Crippen LogP contribution in [-0.2, 0) is 11.8 Å². The molecule has 1 aliphatic rings. The van der Waals surface area contributed by atoms with Crippen LogP contribution in [0.5, 0.6) is 0 Å². The van der Waals surface area contributed by atoms with Crippen molar-refractivity contribution in [2.24, 2.45) is 12.8 Å². The average molecular weight is 266 g/mol. The van der Waals surface area contributed by atoms with Gasteiger partial charge in [-0.3, -0.25) is 9.58 Å². The van der Waals surface area contributed by atoms with E-state index in [9.17, 15) is 0 Å². The van der Waals surface area contributed by atoms with Gasteiger partial charge in [0.15, 0.2) is 0 Å². The summed E-state index contributed by atoms with van der Waals surface area (Å²) in [6.45, 7) is 4.49. The second-order valence-corrected chi connectivity index (χ2v) is 5.52. The maximum absolute atomic E-state index is 5.97. The number of aryl methyl sites for hydroxylation is 2. The third-order valence-corrected chi connectivity index (χ3v) is 3.93. The highest BCUT2D eigenvalue weighted by Gasteiger charge is 2.23. The van der Waals surface area contributed by atoms with Crippen LogP contribution in [0.4, 0.5) is 0 Å². The number of nitrogens with zero attached hydrogens (tertiary/aromatic N) is 3. The highest BCUT2D eigenvalue weighted by molar-refractivity contribution is 5.20. The largest absolute Gasteiger partial charge is 0.377 e. The number of nitrogens with two attached hydrogens (primary N) is 1. The summed E-state index contributed by atoms with van der Waals surface area (Å²) in [6.07, 6.45) is 6.06. The molecule has 1 fully saturated rings. The zero-order valence-electron chi connectivity index (χ0n) is 12.3. The minimum atomic E-state index is 0.222. The van der Waals surface area contributed by atoms with Gasteiger partial charge < -0.3 is 10.5 Å². The lowest BCUT2D eigenvalue weighted by atomic mass is 10.0. The molecule has 2 atom stereocenters. The number of rotatable bonds is 5. The quantitative estimate of drug-likeness (QED) is 0.871. The molecule has 1 aromatic rings. The van der Waals surface area contributed by atoms with E-state index in [1.165, 1.54) is 18.4 Å². The molecule has 5 heteroatoms. The summed E-state index contributed by atoms with van der Waals surface area (Å²) in [6, 6.07) is 0.222. The lowest BCUT2D eigenvalue weighted by Crippen LogP contribution is -2.38. The molecule has 2 N–H and O–H groups in total. The summed E-state index contributed by atoms with van der Waals surface area (Å²) in [7, 11) is 4.08. The average Bonchev–Trinajstić information content (AvgIpc) is 2.71. The molecule has 0 amide bonds. The summed E-state index contributed by atoms with van der Waals surface area (Å²) >= 11 is 0. The van der Waals surface area contributed by atoms with Gasteiger partial charge in [-0.05, 0) is 33.2 Å². The van der Waals surface area contributed by atoms with Crippen molar-refractivity contribution >= 4 is 0 Å². The Labute approximate surface area is 115 Å². The van der Waals surface area contributed by atoms with Crippen molar-refractivity contribution in [2.75, 3.05) is 26.7 Å². The van der Waals surface area contributed by atoms with Crippen molar-refractivity contribution in [3.05, 3.63) is 17.5 Å². The highest BCUT2D eigenvalue weighted by Crippen LogP contribution is 2.23. The van der Waals surface area contributed by atoms with Crippen molar-refractivity contribution < 1.29 is 4.74 Å². The second kappa shape index (κ2) is 6.50. The van der Waals surface area contributed by atoms with Crippen LogP contribution in [0.15, 0.2) is 6.20 Å². The summed E-state index contributed by atoms with van der Waals surface area (Å²) in [4.78, 5) is 2.31. The fourth-order valence-corrected chi connectivity index (χ4v) is 2.89. The standard InChI is InChI=1S/C14H26N4O/c1-11-13(10-18(3)16-11)14(8-15)17(2)9-12-6-4-5-7-19-12/h10,12,14H,4-9,15H2,1-3H3. The van der Waals surface area contributed by atoms with Crippen molar-refractivity contribution in [3.8, 4) is 0 Å². The van der Waals surface area contributed by atoms with Gasteiger partial charge in [-0.1, -0.05) is 0 Å². The van der Waals surface area contributed by atoms with Gasteiger partial charge in [0, 0.05) is 38.5 Å². The van der Waals surface area contributed by atoms with Crippen LogP contribution >= 0.6 is 0 Å². The third-order valence-electron chi connectivity index (χ3n) is 3.93. The minimum absolute atomic E-state index is 0.222. The smallest absolute Gasteiger partial charge is 0.0702 e. The molecule has 2 heterocycles. The van der Waals surface area contributed by atoms with Crippen molar-refractivity contribution in [2.45, 2.75) is 38.3 Å². The Morgan fingerprint density at radius 1 is 1.58 bits per heavy atom. The summed E-state index contributed by atoms with van der Waals surface area (Å²) in [5.74, 6) is 0. The molecule has 1 aromatic heterocycles. The van der Waals surface area contributed by atoms with E-state index < -0.39 is 0 Å². The normalized spacial score (nSPS) is 21.8. The lowest BCUT2D eigenvalue weighted by molar-refractivity contribution is -0.00782. The molecule has 0 spiro atoms. The van der Waals surface area contributed by atoms with E-state index in [1.807, 2.05) is 18.7 Å². The van der Waals surface area contributed by atoms with E-state index in [0.717, 1.165) is 25.3 Å². The highest BCUT2D eigenvalue weighted by atomic mass is 16.5. The first-order valence-electron chi connectivity index (χ1n) is 7.14. The van der Waals surface area contributed by atoms with Crippen LogP contribution in [-0.4, -0.2) is 47.5 Å². The van der Waals surface area contributed by atoms with Crippen LogP contribution in [0.2, 0.25) is 0 Å². The van der Waals surface area contributed by atoms with Gasteiger partial charge in [0.1, 0.15) is 0 Å². The van der Waals surface area contributed by atoms with Gasteiger partial charge in [0.05, 0.1) is 17.8 Å². The van der Waals surface area contributed by atoms with E-state index in [0.29, 0.717) is 12.6 Å². The number of ether oxygens (including phenoxy) is 1. The maximum Gasteiger partial charge on any atom is 0.0702 e. The monoisotopic (exact) mass is 266 g/mol. The Hall–Kier alpha value is -0.910. The Balaban J connectivity index is 2.01.